The van der Waals surface area contributed by atoms with Crippen molar-refractivity contribution in [1.29, 1.82) is 0 Å². The largest absolute Gasteiger partial charge is 0.376 e. The number of hydrogen-bond acceptors (Lipinski definition) is 2. The Hall–Kier alpha value is -1.55. The fourth-order valence-corrected chi connectivity index (χ4v) is 1.29. The van der Waals surface area contributed by atoms with Gasteiger partial charge in [0.05, 0.1) is 13.2 Å². The van der Waals surface area contributed by atoms with Crippen LogP contribution in [0.15, 0.2) is 30.3 Å². The van der Waals surface area contributed by atoms with Crippen LogP contribution in [0.1, 0.15) is 12.5 Å². The summed E-state index contributed by atoms with van der Waals surface area (Å²) in [5.74, 6) is 0.260. The predicted molar refractivity (Wildman–Crippen MR) is 62.8 cm³/mol. The molecule has 0 fully saturated rings. The molecule has 2 amide bonds. The Kier molecular flexibility index (Phi) is 5.36. The minimum absolute atomic E-state index is 0.260. The van der Waals surface area contributed by atoms with E-state index in [0.29, 0.717) is 19.8 Å². The highest BCUT2D eigenvalue weighted by atomic mass is 16.5. The van der Waals surface area contributed by atoms with Gasteiger partial charge < -0.3 is 15.8 Å². The van der Waals surface area contributed by atoms with Crippen molar-refractivity contribution < 1.29 is 9.53 Å². The molecular formula is C12H18N2O2. The van der Waals surface area contributed by atoms with Crippen molar-refractivity contribution in [2.24, 2.45) is 11.7 Å². The van der Waals surface area contributed by atoms with Gasteiger partial charge >= 0.3 is 6.03 Å². The smallest absolute Gasteiger partial charge is 0.312 e. The van der Waals surface area contributed by atoms with Gasteiger partial charge in [-0.15, -0.1) is 0 Å². The van der Waals surface area contributed by atoms with Gasteiger partial charge in [-0.2, -0.15) is 0 Å². The van der Waals surface area contributed by atoms with Crippen molar-refractivity contribution in [2.75, 3.05) is 13.2 Å². The van der Waals surface area contributed by atoms with E-state index >= 15 is 0 Å². The van der Waals surface area contributed by atoms with Crippen molar-refractivity contribution in [3.8, 4) is 0 Å². The van der Waals surface area contributed by atoms with Gasteiger partial charge in [-0.05, 0) is 11.5 Å². The van der Waals surface area contributed by atoms with Gasteiger partial charge in [0.1, 0.15) is 0 Å². The lowest BCUT2D eigenvalue weighted by Gasteiger charge is -2.12. The molecule has 0 aliphatic rings. The highest BCUT2D eigenvalue weighted by Crippen LogP contribution is 2.02. The van der Waals surface area contributed by atoms with Crippen LogP contribution >= 0.6 is 0 Å². The summed E-state index contributed by atoms with van der Waals surface area (Å²) < 4.78 is 5.52. The van der Waals surface area contributed by atoms with Crippen molar-refractivity contribution in [3.05, 3.63) is 35.9 Å². The zero-order chi connectivity index (χ0) is 11.8. The highest BCUT2D eigenvalue weighted by Gasteiger charge is 2.03. The number of benzene rings is 1. The summed E-state index contributed by atoms with van der Waals surface area (Å²) >= 11 is 0. The number of hydrogen-bond donors (Lipinski definition) is 2. The standard InChI is InChI=1S/C12H18N2O2/c1-10(7-14-12(13)15)8-16-9-11-5-3-2-4-6-11/h2-6,10H,7-9H2,1H3,(H3,13,14,15). The summed E-state index contributed by atoms with van der Waals surface area (Å²) in [5, 5.41) is 2.55. The van der Waals surface area contributed by atoms with Crippen LogP contribution in [-0.4, -0.2) is 19.2 Å². The Balaban J connectivity index is 2.13. The van der Waals surface area contributed by atoms with Crippen molar-refractivity contribution in [2.45, 2.75) is 13.5 Å². The highest BCUT2D eigenvalue weighted by molar-refractivity contribution is 5.71. The summed E-state index contributed by atoms with van der Waals surface area (Å²) in [6.07, 6.45) is 0. The number of amides is 2. The summed E-state index contributed by atoms with van der Waals surface area (Å²) in [4.78, 5) is 10.5. The molecular weight excluding hydrogens is 204 g/mol. The summed E-state index contributed by atoms with van der Waals surface area (Å²) in [6, 6.07) is 9.49. The maximum absolute atomic E-state index is 10.5. The van der Waals surface area contributed by atoms with Crippen LogP contribution in [-0.2, 0) is 11.3 Å². The van der Waals surface area contributed by atoms with Crippen LogP contribution in [0.25, 0.3) is 0 Å². The van der Waals surface area contributed by atoms with Crippen LogP contribution in [0.2, 0.25) is 0 Å². The minimum Gasteiger partial charge on any atom is -0.376 e. The van der Waals surface area contributed by atoms with E-state index in [-0.39, 0.29) is 5.92 Å². The van der Waals surface area contributed by atoms with E-state index in [9.17, 15) is 4.79 Å². The van der Waals surface area contributed by atoms with Gasteiger partial charge in [0, 0.05) is 6.54 Å². The first-order valence-corrected chi connectivity index (χ1v) is 5.33. The molecule has 4 nitrogen and oxygen atoms in total. The predicted octanol–water partition coefficient (Wildman–Crippen LogP) is 1.51. The average molecular weight is 222 g/mol. The summed E-state index contributed by atoms with van der Waals surface area (Å²) in [5.41, 5.74) is 6.12. The molecule has 1 rings (SSSR count). The fraction of sp³-hybridized carbons (Fsp3) is 0.417. The second-order valence-electron chi connectivity index (χ2n) is 3.85. The first-order valence-electron chi connectivity index (χ1n) is 5.33. The second-order valence-corrected chi connectivity index (χ2v) is 3.85. The zero-order valence-electron chi connectivity index (χ0n) is 9.48. The normalized spacial score (nSPS) is 12.1. The second kappa shape index (κ2) is 6.85. The van der Waals surface area contributed by atoms with Crippen LogP contribution in [0.3, 0.4) is 0 Å². The maximum Gasteiger partial charge on any atom is 0.312 e. The van der Waals surface area contributed by atoms with Gasteiger partial charge in [-0.1, -0.05) is 37.3 Å². The molecule has 0 saturated heterocycles. The van der Waals surface area contributed by atoms with Crippen LogP contribution in [0.4, 0.5) is 4.79 Å². The zero-order valence-corrected chi connectivity index (χ0v) is 9.48. The first kappa shape index (κ1) is 12.5. The van der Waals surface area contributed by atoms with Crippen LogP contribution in [0, 0.1) is 5.92 Å². The average Bonchev–Trinajstić information content (AvgIpc) is 2.28. The molecule has 16 heavy (non-hydrogen) atoms. The van der Waals surface area contributed by atoms with Crippen molar-refractivity contribution in [1.82, 2.24) is 5.32 Å². The number of nitrogens with two attached hydrogens (primary N) is 1. The third kappa shape index (κ3) is 5.36. The Bertz CT molecular complexity index is 314. The monoisotopic (exact) mass is 222 g/mol. The third-order valence-electron chi connectivity index (χ3n) is 2.14. The topological polar surface area (TPSA) is 64.3 Å². The quantitative estimate of drug-likeness (QED) is 0.766. The van der Waals surface area contributed by atoms with Gasteiger partial charge in [0.15, 0.2) is 0 Å². The van der Waals surface area contributed by atoms with Crippen molar-refractivity contribution in [3.63, 3.8) is 0 Å². The Morgan fingerprint density at radius 1 is 1.44 bits per heavy atom. The maximum atomic E-state index is 10.5. The number of urea groups is 1. The van der Waals surface area contributed by atoms with E-state index in [1.165, 1.54) is 0 Å². The van der Waals surface area contributed by atoms with Gasteiger partial charge in [0.2, 0.25) is 0 Å². The minimum atomic E-state index is -0.491. The van der Waals surface area contributed by atoms with Crippen molar-refractivity contribution >= 4 is 6.03 Å². The third-order valence-corrected chi connectivity index (χ3v) is 2.14. The van der Waals surface area contributed by atoms with E-state index in [1.54, 1.807) is 0 Å². The van der Waals surface area contributed by atoms with Crippen LogP contribution < -0.4 is 11.1 Å². The molecule has 0 aliphatic carbocycles. The Morgan fingerprint density at radius 3 is 2.75 bits per heavy atom. The Labute approximate surface area is 95.8 Å². The lowest BCUT2D eigenvalue weighted by molar-refractivity contribution is 0.0925. The van der Waals surface area contributed by atoms with E-state index in [4.69, 9.17) is 10.5 Å². The molecule has 0 heterocycles. The molecule has 1 atom stereocenters. The molecule has 1 unspecified atom stereocenters. The van der Waals surface area contributed by atoms with E-state index < -0.39 is 6.03 Å². The molecule has 0 radical (unpaired) electrons. The van der Waals surface area contributed by atoms with Gasteiger partial charge in [-0.3, -0.25) is 0 Å². The molecule has 0 aliphatic heterocycles. The molecule has 88 valence electrons. The van der Waals surface area contributed by atoms with E-state index in [1.807, 2.05) is 37.3 Å². The van der Waals surface area contributed by atoms with Gasteiger partial charge in [0.25, 0.3) is 0 Å². The fourth-order valence-electron chi connectivity index (χ4n) is 1.29. The molecule has 0 spiro atoms. The molecule has 1 aromatic rings. The SMILES string of the molecule is CC(CNC(N)=O)COCc1ccccc1. The van der Waals surface area contributed by atoms with E-state index in [2.05, 4.69) is 5.32 Å². The number of rotatable bonds is 6. The molecule has 0 saturated carbocycles. The number of ether oxygens (including phenoxy) is 1. The molecule has 3 N–H and O–H groups in total. The molecule has 0 aromatic heterocycles. The number of primary amides is 1. The first-order chi connectivity index (χ1) is 7.68. The summed E-state index contributed by atoms with van der Waals surface area (Å²) in [6.45, 7) is 3.75. The lowest BCUT2D eigenvalue weighted by atomic mass is 10.2. The van der Waals surface area contributed by atoms with E-state index in [0.717, 1.165) is 5.56 Å². The molecule has 1 aromatic carbocycles. The lowest BCUT2D eigenvalue weighted by Crippen LogP contribution is -2.34. The molecule has 0 bridgehead atoms. The number of carbonyl (C=O) groups excluding carboxylic acids is 1. The molecule has 4 heteroatoms. The Morgan fingerprint density at radius 2 is 2.12 bits per heavy atom. The number of carbonyl (C=O) groups is 1. The van der Waals surface area contributed by atoms with Crippen LogP contribution in [0.5, 0.6) is 0 Å². The number of nitrogens with one attached hydrogen (secondary N) is 1. The van der Waals surface area contributed by atoms with Gasteiger partial charge in [-0.25, -0.2) is 4.79 Å². The summed E-state index contributed by atoms with van der Waals surface area (Å²) in [7, 11) is 0.